The quantitative estimate of drug-likeness (QED) is 0.813. The number of nitrogens with one attached hydrogen (secondary N) is 1. The molecule has 0 bridgehead atoms. The topological polar surface area (TPSA) is 103 Å². The molecular formula is C15H19N5O2S. The van der Waals surface area contributed by atoms with Crippen molar-refractivity contribution >= 4 is 23.7 Å². The largest absolute Gasteiger partial charge is 0.351 e. The first-order valence-corrected chi connectivity index (χ1v) is 8.01. The maximum absolute atomic E-state index is 12.1. The molecule has 7 nitrogen and oxygen atoms in total. The number of para-hydroxylation sites is 1. The highest BCUT2D eigenvalue weighted by molar-refractivity contribution is 8.00. The van der Waals surface area contributed by atoms with Crippen LogP contribution in [0.1, 0.15) is 19.4 Å². The van der Waals surface area contributed by atoms with E-state index >= 15 is 0 Å². The van der Waals surface area contributed by atoms with Crippen molar-refractivity contribution in [2.24, 2.45) is 11.7 Å². The van der Waals surface area contributed by atoms with Crippen LogP contribution in [-0.2, 0) is 4.79 Å². The Morgan fingerprint density at radius 3 is 2.61 bits per heavy atom. The molecule has 23 heavy (non-hydrogen) atoms. The Morgan fingerprint density at radius 2 is 2.00 bits per heavy atom. The number of amides is 3. The third kappa shape index (κ3) is 4.10. The first kappa shape index (κ1) is 17.0. The third-order valence-corrected chi connectivity index (χ3v) is 4.74. The van der Waals surface area contributed by atoms with E-state index in [9.17, 15) is 9.59 Å². The monoisotopic (exact) mass is 333 g/mol. The van der Waals surface area contributed by atoms with E-state index in [1.54, 1.807) is 6.33 Å². The molecule has 1 atom stereocenters. The Bertz CT molecular complexity index is 713. The Morgan fingerprint density at radius 1 is 1.30 bits per heavy atom. The van der Waals surface area contributed by atoms with Crippen LogP contribution in [0.15, 0.2) is 35.7 Å². The molecule has 0 fully saturated rings. The van der Waals surface area contributed by atoms with E-state index in [-0.39, 0.29) is 5.92 Å². The van der Waals surface area contributed by atoms with Gasteiger partial charge in [0, 0.05) is 0 Å². The van der Waals surface area contributed by atoms with Gasteiger partial charge in [-0.25, -0.2) is 4.79 Å². The number of nitrogens with two attached hydrogens (primary N) is 1. The highest BCUT2D eigenvalue weighted by Crippen LogP contribution is 2.29. The number of aromatic nitrogens is 3. The van der Waals surface area contributed by atoms with Crippen molar-refractivity contribution in [1.29, 1.82) is 0 Å². The third-order valence-electron chi connectivity index (χ3n) is 3.23. The fourth-order valence-corrected chi connectivity index (χ4v) is 3.12. The van der Waals surface area contributed by atoms with E-state index < -0.39 is 17.2 Å². The van der Waals surface area contributed by atoms with E-state index in [1.807, 2.05) is 49.6 Å². The zero-order chi connectivity index (χ0) is 17.0. The zero-order valence-electron chi connectivity index (χ0n) is 13.2. The van der Waals surface area contributed by atoms with E-state index in [0.29, 0.717) is 5.16 Å². The molecular weight excluding hydrogens is 314 g/mol. The lowest BCUT2D eigenvalue weighted by Crippen LogP contribution is -2.42. The van der Waals surface area contributed by atoms with Crippen molar-refractivity contribution in [2.75, 3.05) is 0 Å². The van der Waals surface area contributed by atoms with Gasteiger partial charge in [-0.2, -0.15) is 0 Å². The van der Waals surface area contributed by atoms with Gasteiger partial charge in [0.15, 0.2) is 5.16 Å². The molecule has 1 aromatic heterocycles. The van der Waals surface area contributed by atoms with E-state index in [0.717, 1.165) is 11.3 Å². The molecule has 0 aliphatic heterocycles. The molecule has 0 aliphatic carbocycles. The van der Waals surface area contributed by atoms with Gasteiger partial charge in [-0.1, -0.05) is 43.8 Å². The van der Waals surface area contributed by atoms with Crippen LogP contribution in [0.4, 0.5) is 4.79 Å². The first-order valence-electron chi connectivity index (χ1n) is 7.13. The maximum atomic E-state index is 12.1. The van der Waals surface area contributed by atoms with Crippen molar-refractivity contribution < 1.29 is 9.59 Å². The first-order chi connectivity index (χ1) is 10.9. The van der Waals surface area contributed by atoms with Gasteiger partial charge in [-0.15, -0.1) is 10.2 Å². The summed E-state index contributed by atoms with van der Waals surface area (Å²) in [5, 5.41) is 10.2. The molecule has 0 saturated carbocycles. The summed E-state index contributed by atoms with van der Waals surface area (Å²) >= 11 is 1.25. The van der Waals surface area contributed by atoms with E-state index in [1.165, 1.54) is 11.8 Å². The molecule has 122 valence electrons. The van der Waals surface area contributed by atoms with Crippen LogP contribution in [0.2, 0.25) is 0 Å². The average molecular weight is 333 g/mol. The Balaban J connectivity index is 2.29. The number of aryl methyl sites for hydroxylation is 1. The molecule has 8 heteroatoms. The molecule has 2 aromatic rings. The number of carbonyl (C=O) groups excluding carboxylic acids is 2. The van der Waals surface area contributed by atoms with Crippen LogP contribution in [0.3, 0.4) is 0 Å². The number of thioether (sulfide) groups is 1. The van der Waals surface area contributed by atoms with Crippen LogP contribution < -0.4 is 11.1 Å². The van der Waals surface area contributed by atoms with Crippen molar-refractivity contribution in [3.8, 4) is 5.69 Å². The maximum Gasteiger partial charge on any atom is 0.318 e. The fourth-order valence-electron chi connectivity index (χ4n) is 2.10. The van der Waals surface area contributed by atoms with Gasteiger partial charge >= 0.3 is 6.03 Å². The standard InChI is InChI=1S/C15H19N5O2S/c1-9(2)12(13(21)18-14(16)22)23-15-19-17-8-20(15)11-7-5-4-6-10(11)3/h4-9,12H,1-3H3,(H3,16,18,21,22)/t12-/m1/s1. The fraction of sp³-hybridized carbons (Fsp3) is 0.333. The molecule has 3 amide bonds. The number of imide groups is 1. The molecule has 0 aliphatic rings. The smallest absolute Gasteiger partial charge is 0.318 e. The lowest BCUT2D eigenvalue weighted by molar-refractivity contribution is -0.120. The lowest BCUT2D eigenvalue weighted by Gasteiger charge is -2.18. The number of carbonyl (C=O) groups is 2. The van der Waals surface area contributed by atoms with Gasteiger partial charge in [0.2, 0.25) is 5.91 Å². The molecule has 2 rings (SSSR count). The number of nitrogens with zero attached hydrogens (tertiary/aromatic N) is 3. The summed E-state index contributed by atoms with van der Waals surface area (Å²) < 4.78 is 1.83. The summed E-state index contributed by atoms with van der Waals surface area (Å²) in [7, 11) is 0. The number of hydrogen-bond acceptors (Lipinski definition) is 5. The second-order valence-electron chi connectivity index (χ2n) is 5.41. The highest BCUT2D eigenvalue weighted by atomic mass is 32.2. The predicted molar refractivity (Wildman–Crippen MR) is 88.3 cm³/mol. The average Bonchev–Trinajstić information content (AvgIpc) is 2.92. The lowest BCUT2D eigenvalue weighted by atomic mass is 10.1. The summed E-state index contributed by atoms with van der Waals surface area (Å²) in [6, 6.07) is 6.96. The minimum Gasteiger partial charge on any atom is -0.351 e. The van der Waals surface area contributed by atoms with E-state index in [4.69, 9.17) is 5.73 Å². The summed E-state index contributed by atoms with van der Waals surface area (Å²) in [6.07, 6.45) is 1.61. The molecule has 0 unspecified atom stereocenters. The van der Waals surface area contributed by atoms with Gasteiger partial charge in [-0.05, 0) is 24.5 Å². The second kappa shape index (κ2) is 7.28. The number of hydrogen-bond donors (Lipinski definition) is 2. The Hall–Kier alpha value is -2.35. The predicted octanol–water partition coefficient (Wildman–Crippen LogP) is 1.89. The van der Waals surface area contributed by atoms with Crippen LogP contribution in [0.25, 0.3) is 5.69 Å². The Kier molecular flexibility index (Phi) is 5.38. The number of primary amides is 1. The Labute approximate surface area is 138 Å². The number of urea groups is 1. The summed E-state index contributed by atoms with van der Waals surface area (Å²) in [5.41, 5.74) is 7.04. The number of benzene rings is 1. The van der Waals surface area contributed by atoms with Crippen LogP contribution in [0.5, 0.6) is 0 Å². The van der Waals surface area contributed by atoms with Crippen molar-refractivity contribution in [2.45, 2.75) is 31.2 Å². The van der Waals surface area contributed by atoms with Crippen molar-refractivity contribution in [1.82, 2.24) is 20.1 Å². The molecule has 0 saturated heterocycles. The normalized spacial score (nSPS) is 12.2. The second-order valence-corrected chi connectivity index (χ2v) is 6.51. The van der Waals surface area contributed by atoms with Crippen LogP contribution in [-0.4, -0.2) is 32.0 Å². The molecule has 3 N–H and O–H groups in total. The van der Waals surface area contributed by atoms with Gasteiger partial charge in [0.05, 0.1) is 10.9 Å². The molecule has 0 spiro atoms. The van der Waals surface area contributed by atoms with Gasteiger partial charge in [0.1, 0.15) is 6.33 Å². The van der Waals surface area contributed by atoms with E-state index in [2.05, 4.69) is 15.5 Å². The summed E-state index contributed by atoms with van der Waals surface area (Å²) in [5.74, 6) is -0.446. The van der Waals surface area contributed by atoms with Crippen molar-refractivity contribution in [3.63, 3.8) is 0 Å². The van der Waals surface area contributed by atoms with Crippen LogP contribution in [0, 0.1) is 12.8 Å². The zero-order valence-corrected chi connectivity index (χ0v) is 14.0. The van der Waals surface area contributed by atoms with Gasteiger partial charge in [0.25, 0.3) is 0 Å². The number of rotatable bonds is 5. The summed E-state index contributed by atoms with van der Waals surface area (Å²) in [6.45, 7) is 5.78. The molecule has 1 aromatic carbocycles. The van der Waals surface area contributed by atoms with Gasteiger partial charge in [-0.3, -0.25) is 14.7 Å². The SMILES string of the molecule is Cc1ccccc1-n1cnnc1S[C@@H](C(=O)NC(N)=O)C(C)C. The summed E-state index contributed by atoms with van der Waals surface area (Å²) in [4.78, 5) is 23.1. The molecule has 1 heterocycles. The van der Waals surface area contributed by atoms with Crippen LogP contribution >= 0.6 is 11.8 Å². The molecule has 0 radical (unpaired) electrons. The minimum absolute atomic E-state index is 0.0126. The van der Waals surface area contributed by atoms with Gasteiger partial charge < -0.3 is 5.73 Å². The minimum atomic E-state index is -0.860. The highest BCUT2D eigenvalue weighted by Gasteiger charge is 2.27. The van der Waals surface area contributed by atoms with Crippen molar-refractivity contribution in [3.05, 3.63) is 36.2 Å².